The molecule has 1 heterocycles. The first-order chi connectivity index (χ1) is 11.9. The van der Waals surface area contributed by atoms with Crippen LogP contribution in [0.25, 0.3) is 0 Å². The molecule has 0 aliphatic carbocycles. The van der Waals surface area contributed by atoms with Gasteiger partial charge in [-0.1, -0.05) is 12.1 Å². The van der Waals surface area contributed by atoms with Gasteiger partial charge in [0.15, 0.2) is 0 Å². The normalized spacial score (nSPS) is 29.1. The van der Waals surface area contributed by atoms with Gasteiger partial charge in [0.2, 0.25) is 5.91 Å². The van der Waals surface area contributed by atoms with Crippen LogP contribution < -0.4 is 5.32 Å². The van der Waals surface area contributed by atoms with Crippen LogP contribution in [0.5, 0.6) is 0 Å². The van der Waals surface area contributed by atoms with E-state index < -0.39 is 48.9 Å². The Morgan fingerprint density at radius 3 is 2.36 bits per heavy atom. The molecule has 0 spiro atoms. The molecule has 1 aromatic carbocycles. The summed E-state index contributed by atoms with van der Waals surface area (Å²) in [6.45, 7) is 2.78. The van der Waals surface area contributed by atoms with Crippen molar-refractivity contribution in [1.29, 1.82) is 0 Å². The fourth-order valence-electron chi connectivity index (χ4n) is 2.82. The Morgan fingerprint density at radius 2 is 1.84 bits per heavy atom. The fourth-order valence-corrected chi connectivity index (χ4v) is 2.82. The zero-order chi connectivity index (χ0) is 18.6. The van der Waals surface area contributed by atoms with E-state index in [1.54, 1.807) is 31.2 Å². The standard InChI is InChI=1S/C17H23NO7/c1-3-24-17(23)11-6-4-10(5-7-11)16-13(18-9(2)20)15(22)14(21)12(8-19)25-16/h4-7,12-16,19,21-22H,3,8H2,1-2H3,(H,18,20)/t12-,13-,14-,15-,16+/m1/s1. The Morgan fingerprint density at radius 1 is 1.20 bits per heavy atom. The third kappa shape index (κ3) is 4.35. The predicted molar refractivity (Wildman–Crippen MR) is 86.7 cm³/mol. The Balaban J connectivity index is 2.28. The molecule has 138 valence electrons. The maximum absolute atomic E-state index is 11.7. The van der Waals surface area contributed by atoms with Gasteiger partial charge in [0.1, 0.15) is 24.4 Å². The Bertz CT molecular complexity index is 604. The summed E-state index contributed by atoms with van der Waals surface area (Å²) in [5, 5.41) is 32.2. The number of carbonyl (C=O) groups excluding carboxylic acids is 2. The average molecular weight is 353 g/mol. The van der Waals surface area contributed by atoms with E-state index in [-0.39, 0.29) is 6.61 Å². The van der Waals surface area contributed by atoms with Gasteiger partial charge in [0.05, 0.1) is 24.8 Å². The van der Waals surface area contributed by atoms with Crippen LogP contribution in [0.15, 0.2) is 24.3 Å². The van der Waals surface area contributed by atoms with E-state index in [9.17, 15) is 24.9 Å². The van der Waals surface area contributed by atoms with Gasteiger partial charge in [-0.15, -0.1) is 0 Å². The first kappa shape index (κ1) is 19.3. The summed E-state index contributed by atoms with van der Waals surface area (Å²) in [5.74, 6) is -0.851. The summed E-state index contributed by atoms with van der Waals surface area (Å²) >= 11 is 0. The molecule has 0 bridgehead atoms. The first-order valence-electron chi connectivity index (χ1n) is 8.05. The predicted octanol–water partition coefficient (Wildman–Crippen LogP) is -0.478. The van der Waals surface area contributed by atoms with Crippen molar-refractivity contribution in [1.82, 2.24) is 5.32 Å². The van der Waals surface area contributed by atoms with E-state index in [4.69, 9.17) is 9.47 Å². The molecule has 1 saturated heterocycles. The number of hydrogen-bond acceptors (Lipinski definition) is 7. The molecule has 1 amide bonds. The number of hydrogen-bond donors (Lipinski definition) is 4. The first-order valence-corrected chi connectivity index (χ1v) is 8.05. The van der Waals surface area contributed by atoms with Crippen molar-refractivity contribution >= 4 is 11.9 Å². The summed E-state index contributed by atoms with van der Waals surface area (Å²) in [7, 11) is 0. The number of ether oxygens (including phenoxy) is 2. The lowest BCUT2D eigenvalue weighted by Gasteiger charge is -2.42. The highest BCUT2D eigenvalue weighted by molar-refractivity contribution is 5.89. The lowest BCUT2D eigenvalue weighted by Crippen LogP contribution is -2.60. The van der Waals surface area contributed by atoms with Crippen molar-refractivity contribution in [2.24, 2.45) is 0 Å². The van der Waals surface area contributed by atoms with E-state index in [0.717, 1.165) is 0 Å². The molecule has 1 aliphatic heterocycles. The molecule has 0 saturated carbocycles. The summed E-state index contributed by atoms with van der Waals surface area (Å²) < 4.78 is 10.6. The van der Waals surface area contributed by atoms with Gasteiger partial charge in [-0.05, 0) is 24.6 Å². The molecule has 1 aliphatic rings. The number of benzene rings is 1. The van der Waals surface area contributed by atoms with Gasteiger partial charge in [-0.25, -0.2) is 4.79 Å². The van der Waals surface area contributed by atoms with Crippen LogP contribution in [0.1, 0.15) is 35.9 Å². The van der Waals surface area contributed by atoms with Gasteiger partial charge in [0, 0.05) is 6.92 Å². The molecule has 1 fully saturated rings. The number of aliphatic hydroxyl groups is 3. The largest absolute Gasteiger partial charge is 0.462 e. The van der Waals surface area contributed by atoms with Crippen LogP contribution in [0.3, 0.4) is 0 Å². The smallest absolute Gasteiger partial charge is 0.338 e. The van der Waals surface area contributed by atoms with Gasteiger partial charge in [0.25, 0.3) is 0 Å². The molecule has 25 heavy (non-hydrogen) atoms. The fraction of sp³-hybridized carbons (Fsp3) is 0.529. The topological polar surface area (TPSA) is 125 Å². The lowest BCUT2D eigenvalue weighted by atomic mass is 9.88. The highest BCUT2D eigenvalue weighted by atomic mass is 16.5. The summed E-state index contributed by atoms with van der Waals surface area (Å²) in [6, 6.07) is 5.43. The van der Waals surface area contributed by atoms with Gasteiger partial charge in [-0.2, -0.15) is 0 Å². The van der Waals surface area contributed by atoms with E-state index in [0.29, 0.717) is 11.1 Å². The zero-order valence-electron chi connectivity index (χ0n) is 14.1. The lowest BCUT2D eigenvalue weighted by molar-refractivity contribution is -0.197. The number of amides is 1. The molecule has 2 rings (SSSR count). The van der Waals surface area contributed by atoms with E-state index in [2.05, 4.69) is 5.32 Å². The average Bonchev–Trinajstić information content (AvgIpc) is 2.59. The maximum Gasteiger partial charge on any atom is 0.338 e. The minimum Gasteiger partial charge on any atom is -0.462 e. The highest BCUT2D eigenvalue weighted by Crippen LogP contribution is 2.32. The van der Waals surface area contributed by atoms with Gasteiger partial charge in [-0.3, -0.25) is 4.79 Å². The molecule has 8 heteroatoms. The van der Waals surface area contributed by atoms with Crippen LogP contribution in [-0.2, 0) is 14.3 Å². The second-order valence-electron chi connectivity index (χ2n) is 5.83. The third-order valence-electron chi connectivity index (χ3n) is 4.05. The van der Waals surface area contributed by atoms with Gasteiger partial charge < -0.3 is 30.1 Å². The van der Waals surface area contributed by atoms with Crippen molar-refractivity contribution in [2.45, 2.75) is 44.3 Å². The number of carbonyl (C=O) groups is 2. The van der Waals surface area contributed by atoms with Crippen LogP contribution in [0.4, 0.5) is 0 Å². The minimum atomic E-state index is -1.34. The van der Waals surface area contributed by atoms with Crippen molar-refractivity contribution in [3.8, 4) is 0 Å². The van der Waals surface area contributed by atoms with Crippen molar-refractivity contribution in [2.75, 3.05) is 13.2 Å². The Labute approximate surface area is 145 Å². The zero-order valence-corrected chi connectivity index (χ0v) is 14.1. The second kappa shape index (κ2) is 8.39. The Hall–Kier alpha value is -2.00. The molecular formula is C17H23NO7. The van der Waals surface area contributed by atoms with E-state index >= 15 is 0 Å². The van der Waals surface area contributed by atoms with Crippen molar-refractivity contribution in [3.05, 3.63) is 35.4 Å². The molecule has 5 atom stereocenters. The van der Waals surface area contributed by atoms with Crippen LogP contribution in [0.2, 0.25) is 0 Å². The molecular weight excluding hydrogens is 330 g/mol. The highest BCUT2D eigenvalue weighted by Gasteiger charge is 2.45. The molecule has 4 N–H and O–H groups in total. The maximum atomic E-state index is 11.7. The number of rotatable bonds is 5. The second-order valence-corrected chi connectivity index (χ2v) is 5.83. The Kier molecular flexibility index (Phi) is 6.49. The van der Waals surface area contributed by atoms with Crippen LogP contribution in [0, 0.1) is 0 Å². The van der Waals surface area contributed by atoms with Crippen molar-refractivity contribution < 1.29 is 34.4 Å². The van der Waals surface area contributed by atoms with Gasteiger partial charge >= 0.3 is 5.97 Å². The molecule has 0 unspecified atom stereocenters. The summed E-state index contributed by atoms with van der Waals surface area (Å²) in [4.78, 5) is 23.2. The third-order valence-corrected chi connectivity index (χ3v) is 4.05. The summed E-state index contributed by atoms with van der Waals surface area (Å²) in [6.07, 6.45) is -4.44. The number of aliphatic hydroxyl groups excluding tert-OH is 3. The van der Waals surface area contributed by atoms with E-state index in [1.165, 1.54) is 6.92 Å². The van der Waals surface area contributed by atoms with E-state index in [1.807, 2.05) is 0 Å². The van der Waals surface area contributed by atoms with Crippen LogP contribution >= 0.6 is 0 Å². The van der Waals surface area contributed by atoms with Crippen molar-refractivity contribution in [3.63, 3.8) is 0 Å². The molecule has 0 radical (unpaired) electrons. The monoisotopic (exact) mass is 353 g/mol. The number of nitrogens with one attached hydrogen (secondary N) is 1. The quantitative estimate of drug-likeness (QED) is 0.527. The number of esters is 1. The molecule has 1 aromatic rings. The SMILES string of the molecule is CCOC(=O)c1ccc([C@@H]2O[C@H](CO)[C@@H](O)[C@H](O)[C@H]2NC(C)=O)cc1. The molecule has 8 nitrogen and oxygen atoms in total. The van der Waals surface area contributed by atoms with Crippen LogP contribution in [-0.4, -0.2) is 64.8 Å². The summed E-state index contributed by atoms with van der Waals surface area (Å²) in [5.41, 5.74) is 0.938. The molecule has 0 aromatic heterocycles. The minimum absolute atomic E-state index is 0.263.